The molecule has 2 fully saturated rings. The molecule has 2 nitrogen and oxygen atoms in total. The molecule has 80 valence electrons. The molecule has 3 aliphatic rings. The zero-order chi connectivity index (χ0) is 10.4. The Balaban J connectivity index is 1.85. The van der Waals surface area contributed by atoms with Gasteiger partial charge in [0.2, 0.25) is 0 Å². The van der Waals surface area contributed by atoms with Gasteiger partial charge in [-0.1, -0.05) is 30.7 Å². The van der Waals surface area contributed by atoms with Crippen molar-refractivity contribution in [3.63, 3.8) is 0 Å². The Morgan fingerprint density at radius 2 is 2.00 bits per heavy atom. The molecule has 5 unspecified atom stereocenters. The third-order valence-electron chi connectivity index (χ3n) is 4.33. The summed E-state index contributed by atoms with van der Waals surface area (Å²) in [5, 5.41) is 9.12. The summed E-state index contributed by atoms with van der Waals surface area (Å²) in [6.45, 7) is 0. The van der Waals surface area contributed by atoms with E-state index in [1.807, 2.05) is 0 Å². The second-order valence-electron chi connectivity index (χ2n) is 5.05. The minimum atomic E-state index is -0.575. The van der Waals surface area contributed by atoms with Gasteiger partial charge < -0.3 is 5.11 Å². The summed E-state index contributed by atoms with van der Waals surface area (Å²) >= 11 is 0. The third kappa shape index (κ3) is 1.35. The number of hydrogen-bond donors (Lipinski definition) is 1. The second-order valence-corrected chi connectivity index (χ2v) is 5.05. The van der Waals surface area contributed by atoms with E-state index < -0.39 is 5.97 Å². The molecule has 2 saturated carbocycles. The first-order valence-corrected chi connectivity index (χ1v) is 5.87. The highest BCUT2D eigenvalue weighted by atomic mass is 16.4. The highest BCUT2D eigenvalue weighted by Gasteiger charge is 2.59. The average molecular weight is 204 g/mol. The molecule has 3 rings (SSSR count). The quantitative estimate of drug-likeness (QED) is 0.712. The number of fused-ring (bicyclic) bond motifs is 3. The van der Waals surface area contributed by atoms with Crippen molar-refractivity contribution >= 4 is 5.97 Å². The van der Waals surface area contributed by atoms with E-state index in [0.29, 0.717) is 23.7 Å². The molecule has 0 amide bonds. The van der Waals surface area contributed by atoms with Crippen molar-refractivity contribution < 1.29 is 9.90 Å². The van der Waals surface area contributed by atoms with Gasteiger partial charge in [-0.25, -0.2) is 0 Å². The number of carboxylic acid groups (broad SMARTS) is 1. The molecule has 0 bridgehead atoms. The van der Waals surface area contributed by atoms with Crippen LogP contribution >= 0.6 is 0 Å². The molecule has 0 saturated heterocycles. The zero-order valence-electron chi connectivity index (χ0n) is 8.67. The molecule has 2 heteroatoms. The first kappa shape index (κ1) is 9.20. The molecular formula is C13H16O2. The Hall–Kier alpha value is -1.05. The van der Waals surface area contributed by atoms with Crippen molar-refractivity contribution in [3.05, 3.63) is 24.3 Å². The Morgan fingerprint density at radius 1 is 1.20 bits per heavy atom. The summed E-state index contributed by atoms with van der Waals surface area (Å²) in [6.07, 6.45) is 12.3. The zero-order valence-corrected chi connectivity index (χ0v) is 8.67. The van der Waals surface area contributed by atoms with Crippen molar-refractivity contribution in [1.29, 1.82) is 0 Å². The summed E-state index contributed by atoms with van der Waals surface area (Å²) < 4.78 is 0. The number of carboxylic acids is 1. The van der Waals surface area contributed by atoms with Crippen molar-refractivity contribution in [1.82, 2.24) is 0 Å². The number of rotatable bonds is 1. The molecule has 0 aromatic rings. The average Bonchev–Trinajstić information content (AvgIpc) is 2.92. The fourth-order valence-electron chi connectivity index (χ4n) is 3.61. The molecule has 0 aromatic carbocycles. The lowest BCUT2D eigenvalue weighted by molar-refractivity contribution is -0.139. The number of aliphatic carboxylic acids is 1. The number of carbonyl (C=O) groups is 1. The summed E-state index contributed by atoms with van der Waals surface area (Å²) in [6, 6.07) is 0. The van der Waals surface area contributed by atoms with Gasteiger partial charge in [0.25, 0.3) is 0 Å². The van der Waals surface area contributed by atoms with Crippen LogP contribution in [0.15, 0.2) is 24.3 Å². The second kappa shape index (κ2) is 3.22. The highest BCUT2D eigenvalue weighted by Crippen LogP contribution is 2.59. The normalized spacial score (nSPS) is 46.5. The van der Waals surface area contributed by atoms with Crippen molar-refractivity contribution in [2.24, 2.45) is 29.6 Å². The van der Waals surface area contributed by atoms with Crippen LogP contribution in [0.3, 0.4) is 0 Å². The van der Waals surface area contributed by atoms with E-state index in [1.165, 1.54) is 12.8 Å². The van der Waals surface area contributed by atoms with Gasteiger partial charge >= 0.3 is 5.97 Å². The van der Waals surface area contributed by atoms with Gasteiger partial charge in [-0.3, -0.25) is 4.79 Å². The number of hydrogen-bond acceptors (Lipinski definition) is 1. The Bertz CT molecular complexity index is 342. The maximum atomic E-state index is 11.1. The van der Waals surface area contributed by atoms with Crippen LogP contribution in [0.25, 0.3) is 0 Å². The fraction of sp³-hybridized carbons (Fsp3) is 0.615. The summed E-state index contributed by atoms with van der Waals surface area (Å²) in [5.41, 5.74) is 0. The van der Waals surface area contributed by atoms with Crippen LogP contribution in [0.2, 0.25) is 0 Å². The van der Waals surface area contributed by atoms with Crippen LogP contribution < -0.4 is 0 Å². The molecule has 5 atom stereocenters. The maximum Gasteiger partial charge on any atom is 0.307 e. The fourth-order valence-corrected chi connectivity index (χ4v) is 3.61. The van der Waals surface area contributed by atoms with Crippen LogP contribution in [0.5, 0.6) is 0 Å². The first-order valence-electron chi connectivity index (χ1n) is 5.87. The minimum Gasteiger partial charge on any atom is -0.481 e. The molecule has 0 aromatic heterocycles. The Morgan fingerprint density at radius 3 is 2.80 bits per heavy atom. The Kier molecular flexibility index (Phi) is 1.98. The van der Waals surface area contributed by atoms with E-state index in [4.69, 9.17) is 5.11 Å². The van der Waals surface area contributed by atoms with E-state index in [0.717, 1.165) is 6.42 Å². The highest BCUT2D eigenvalue weighted by molar-refractivity contribution is 5.74. The molecule has 1 N–H and O–H groups in total. The van der Waals surface area contributed by atoms with Crippen molar-refractivity contribution in [2.45, 2.75) is 19.3 Å². The van der Waals surface area contributed by atoms with Gasteiger partial charge in [0.05, 0.1) is 5.92 Å². The summed E-state index contributed by atoms with van der Waals surface area (Å²) in [4.78, 5) is 11.1. The van der Waals surface area contributed by atoms with E-state index in [2.05, 4.69) is 24.3 Å². The molecule has 0 radical (unpaired) electrons. The van der Waals surface area contributed by atoms with Gasteiger partial charge in [0.15, 0.2) is 0 Å². The maximum absolute atomic E-state index is 11.1. The Labute approximate surface area is 89.7 Å². The van der Waals surface area contributed by atoms with Gasteiger partial charge in [0.1, 0.15) is 0 Å². The molecule has 0 heterocycles. The lowest BCUT2D eigenvalue weighted by Gasteiger charge is -2.22. The molecular weight excluding hydrogens is 188 g/mol. The van der Waals surface area contributed by atoms with E-state index in [9.17, 15) is 4.79 Å². The largest absolute Gasteiger partial charge is 0.481 e. The summed E-state index contributed by atoms with van der Waals surface area (Å²) in [5.74, 6) is 1.38. The predicted octanol–water partition coefficient (Wildman–Crippen LogP) is 2.48. The monoisotopic (exact) mass is 204 g/mol. The van der Waals surface area contributed by atoms with Crippen LogP contribution in [0.1, 0.15) is 19.3 Å². The van der Waals surface area contributed by atoms with Crippen LogP contribution in [-0.4, -0.2) is 11.1 Å². The minimum absolute atomic E-state index is 0.0473. The van der Waals surface area contributed by atoms with Gasteiger partial charge in [-0.15, -0.1) is 0 Å². The van der Waals surface area contributed by atoms with Crippen LogP contribution in [0, 0.1) is 29.6 Å². The number of allylic oxidation sites excluding steroid dienone is 4. The van der Waals surface area contributed by atoms with Crippen LogP contribution in [-0.2, 0) is 4.79 Å². The van der Waals surface area contributed by atoms with Gasteiger partial charge in [-0.05, 0) is 36.5 Å². The lowest BCUT2D eigenvalue weighted by atomic mass is 9.82. The van der Waals surface area contributed by atoms with Crippen molar-refractivity contribution in [2.75, 3.05) is 0 Å². The van der Waals surface area contributed by atoms with Gasteiger partial charge in [-0.2, -0.15) is 0 Å². The summed E-state index contributed by atoms with van der Waals surface area (Å²) in [7, 11) is 0. The van der Waals surface area contributed by atoms with E-state index >= 15 is 0 Å². The van der Waals surface area contributed by atoms with E-state index in [1.54, 1.807) is 0 Å². The molecule has 15 heavy (non-hydrogen) atoms. The standard InChI is InChI=1S/C13H16O2/c14-13(15)12-10-7-3-5-8-4-1-2-6-9(8)11(10)12/h1-2,4,6,8-12H,3,5,7H2,(H,14,15). The lowest BCUT2D eigenvalue weighted by Crippen LogP contribution is -2.16. The van der Waals surface area contributed by atoms with E-state index in [-0.39, 0.29) is 5.92 Å². The molecule has 0 spiro atoms. The van der Waals surface area contributed by atoms with Crippen LogP contribution in [0.4, 0.5) is 0 Å². The topological polar surface area (TPSA) is 37.3 Å². The predicted molar refractivity (Wildman–Crippen MR) is 57.2 cm³/mol. The smallest absolute Gasteiger partial charge is 0.307 e. The third-order valence-corrected chi connectivity index (χ3v) is 4.33. The van der Waals surface area contributed by atoms with Gasteiger partial charge in [0, 0.05) is 0 Å². The first-order chi connectivity index (χ1) is 7.29. The SMILES string of the molecule is O=C(O)C1C2CCCC3C=CC=CC3C21. The van der Waals surface area contributed by atoms with Crippen molar-refractivity contribution in [3.8, 4) is 0 Å². The molecule has 0 aliphatic heterocycles. The molecule has 3 aliphatic carbocycles.